The standard InChI is InChI=1S/C13H26N2O/c1-10(2)12(14)13(16)15-9-5-8-11-6-3-4-7-11/h10-12H,3-9,14H2,1-2H3,(H,15,16)/t12-/m1/s1. The van der Waals surface area contributed by atoms with E-state index in [1.165, 1.54) is 32.1 Å². The van der Waals surface area contributed by atoms with Crippen molar-refractivity contribution in [2.75, 3.05) is 6.54 Å². The molecule has 3 N–H and O–H groups in total. The van der Waals surface area contributed by atoms with Crippen LogP contribution in [0.4, 0.5) is 0 Å². The SMILES string of the molecule is CC(C)[C@@H](N)C(=O)NCCCC1CCCC1. The molecule has 0 aromatic rings. The van der Waals surface area contributed by atoms with Crippen LogP contribution in [0.1, 0.15) is 52.4 Å². The number of amides is 1. The molecule has 0 aliphatic heterocycles. The first-order valence-electron chi connectivity index (χ1n) is 6.64. The molecule has 1 aliphatic rings. The van der Waals surface area contributed by atoms with Gasteiger partial charge in [0.15, 0.2) is 0 Å². The van der Waals surface area contributed by atoms with Crippen LogP contribution in [-0.4, -0.2) is 18.5 Å². The van der Waals surface area contributed by atoms with Crippen LogP contribution in [0.3, 0.4) is 0 Å². The van der Waals surface area contributed by atoms with Crippen LogP contribution in [0.2, 0.25) is 0 Å². The molecule has 1 atom stereocenters. The topological polar surface area (TPSA) is 55.1 Å². The minimum atomic E-state index is -0.355. The van der Waals surface area contributed by atoms with Gasteiger partial charge >= 0.3 is 0 Å². The number of hydrogen-bond donors (Lipinski definition) is 2. The van der Waals surface area contributed by atoms with Crippen molar-refractivity contribution in [3.05, 3.63) is 0 Å². The highest BCUT2D eigenvalue weighted by Gasteiger charge is 2.17. The molecule has 1 rings (SSSR count). The molecule has 1 aliphatic carbocycles. The van der Waals surface area contributed by atoms with Crippen LogP contribution in [0.25, 0.3) is 0 Å². The minimum Gasteiger partial charge on any atom is -0.355 e. The van der Waals surface area contributed by atoms with Gasteiger partial charge in [0.25, 0.3) is 0 Å². The first-order valence-corrected chi connectivity index (χ1v) is 6.64. The van der Waals surface area contributed by atoms with E-state index in [1.54, 1.807) is 0 Å². The normalized spacial score (nSPS) is 19.0. The van der Waals surface area contributed by atoms with Crippen molar-refractivity contribution < 1.29 is 4.79 Å². The number of hydrogen-bond acceptors (Lipinski definition) is 2. The molecule has 3 nitrogen and oxygen atoms in total. The van der Waals surface area contributed by atoms with E-state index >= 15 is 0 Å². The van der Waals surface area contributed by atoms with Crippen LogP contribution in [0.15, 0.2) is 0 Å². The second kappa shape index (κ2) is 6.89. The van der Waals surface area contributed by atoms with Gasteiger partial charge < -0.3 is 11.1 Å². The van der Waals surface area contributed by atoms with Crippen molar-refractivity contribution in [3.8, 4) is 0 Å². The lowest BCUT2D eigenvalue weighted by atomic mass is 10.0. The van der Waals surface area contributed by atoms with Crippen LogP contribution < -0.4 is 11.1 Å². The fourth-order valence-electron chi connectivity index (χ4n) is 2.32. The number of carbonyl (C=O) groups is 1. The molecule has 0 saturated heterocycles. The van der Waals surface area contributed by atoms with E-state index in [9.17, 15) is 4.79 Å². The first-order chi connectivity index (χ1) is 7.61. The average molecular weight is 226 g/mol. The zero-order chi connectivity index (χ0) is 12.0. The monoisotopic (exact) mass is 226 g/mol. The van der Waals surface area contributed by atoms with E-state index in [0.29, 0.717) is 0 Å². The lowest BCUT2D eigenvalue weighted by molar-refractivity contribution is -0.123. The third kappa shape index (κ3) is 4.52. The van der Waals surface area contributed by atoms with Crippen LogP contribution in [0.5, 0.6) is 0 Å². The smallest absolute Gasteiger partial charge is 0.237 e. The molecule has 0 aromatic carbocycles. The Morgan fingerprint density at radius 3 is 2.56 bits per heavy atom. The first kappa shape index (κ1) is 13.5. The molecule has 0 heterocycles. The van der Waals surface area contributed by atoms with E-state index in [2.05, 4.69) is 5.32 Å². The van der Waals surface area contributed by atoms with Gasteiger partial charge in [-0.3, -0.25) is 4.79 Å². The number of rotatable bonds is 6. The predicted molar refractivity (Wildman–Crippen MR) is 67.0 cm³/mol. The lowest BCUT2D eigenvalue weighted by Crippen LogP contribution is -2.44. The molecule has 94 valence electrons. The summed E-state index contributed by atoms with van der Waals surface area (Å²) in [5, 5.41) is 2.92. The maximum Gasteiger partial charge on any atom is 0.237 e. The molecule has 0 aromatic heterocycles. The summed E-state index contributed by atoms with van der Waals surface area (Å²) >= 11 is 0. The zero-order valence-electron chi connectivity index (χ0n) is 10.7. The minimum absolute atomic E-state index is 0.00132. The molecule has 0 bridgehead atoms. The quantitative estimate of drug-likeness (QED) is 0.681. The largest absolute Gasteiger partial charge is 0.355 e. The maximum atomic E-state index is 11.5. The number of carbonyl (C=O) groups excluding carboxylic acids is 1. The molecular weight excluding hydrogens is 200 g/mol. The second-order valence-electron chi connectivity index (χ2n) is 5.35. The Labute approximate surface area is 99.2 Å². The second-order valence-corrected chi connectivity index (χ2v) is 5.35. The highest BCUT2D eigenvalue weighted by Crippen LogP contribution is 2.28. The zero-order valence-corrected chi connectivity index (χ0v) is 10.7. The summed E-state index contributed by atoms with van der Waals surface area (Å²) in [7, 11) is 0. The fraction of sp³-hybridized carbons (Fsp3) is 0.923. The summed E-state index contributed by atoms with van der Waals surface area (Å²) in [5.41, 5.74) is 5.75. The molecule has 1 fully saturated rings. The summed E-state index contributed by atoms with van der Waals surface area (Å²) in [4.78, 5) is 11.5. The van der Waals surface area contributed by atoms with E-state index in [-0.39, 0.29) is 17.9 Å². The summed E-state index contributed by atoms with van der Waals surface area (Å²) in [6, 6.07) is -0.355. The van der Waals surface area contributed by atoms with Crippen LogP contribution >= 0.6 is 0 Å². The maximum absolute atomic E-state index is 11.5. The van der Waals surface area contributed by atoms with E-state index in [4.69, 9.17) is 5.73 Å². The van der Waals surface area contributed by atoms with Crippen molar-refractivity contribution in [1.82, 2.24) is 5.32 Å². The van der Waals surface area contributed by atoms with E-state index in [0.717, 1.165) is 18.9 Å². The van der Waals surface area contributed by atoms with Gasteiger partial charge in [-0.2, -0.15) is 0 Å². The van der Waals surface area contributed by atoms with E-state index in [1.807, 2.05) is 13.8 Å². The Balaban J connectivity index is 2.03. The summed E-state index contributed by atoms with van der Waals surface area (Å²) in [6.07, 6.45) is 7.93. The van der Waals surface area contributed by atoms with Gasteiger partial charge in [-0.1, -0.05) is 39.5 Å². The van der Waals surface area contributed by atoms with Gasteiger partial charge in [0, 0.05) is 6.54 Å². The summed E-state index contributed by atoms with van der Waals surface area (Å²) in [6.45, 7) is 4.74. The van der Waals surface area contributed by atoms with Crippen LogP contribution in [0, 0.1) is 11.8 Å². The molecule has 3 heteroatoms. The molecule has 1 saturated carbocycles. The Hall–Kier alpha value is -0.570. The van der Waals surface area contributed by atoms with Crippen LogP contribution in [-0.2, 0) is 4.79 Å². The van der Waals surface area contributed by atoms with Crippen molar-refractivity contribution in [2.45, 2.75) is 58.4 Å². The van der Waals surface area contributed by atoms with Crippen molar-refractivity contribution in [3.63, 3.8) is 0 Å². The molecule has 16 heavy (non-hydrogen) atoms. The Kier molecular flexibility index (Phi) is 5.81. The third-order valence-corrected chi connectivity index (χ3v) is 3.58. The average Bonchev–Trinajstić information content (AvgIpc) is 2.75. The predicted octanol–water partition coefficient (Wildman–Crippen LogP) is 2.06. The molecule has 0 spiro atoms. The molecule has 0 unspecified atom stereocenters. The fourth-order valence-corrected chi connectivity index (χ4v) is 2.32. The Bertz CT molecular complexity index is 210. The highest BCUT2D eigenvalue weighted by molar-refractivity contribution is 5.81. The Morgan fingerprint density at radius 2 is 2.00 bits per heavy atom. The Morgan fingerprint density at radius 1 is 1.38 bits per heavy atom. The number of nitrogens with one attached hydrogen (secondary N) is 1. The lowest BCUT2D eigenvalue weighted by Gasteiger charge is -2.15. The summed E-state index contributed by atoms with van der Waals surface area (Å²) < 4.78 is 0. The number of nitrogens with two attached hydrogens (primary N) is 1. The molecule has 0 radical (unpaired) electrons. The summed E-state index contributed by atoms with van der Waals surface area (Å²) in [5.74, 6) is 1.13. The van der Waals surface area contributed by atoms with Gasteiger partial charge in [0.2, 0.25) is 5.91 Å². The van der Waals surface area contributed by atoms with Gasteiger partial charge in [0.05, 0.1) is 6.04 Å². The van der Waals surface area contributed by atoms with E-state index < -0.39 is 0 Å². The van der Waals surface area contributed by atoms with Gasteiger partial charge in [-0.05, 0) is 24.7 Å². The molecular formula is C13H26N2O. The van der Waals surface area contributed by atoms with Gasteiger partial charge in [-0.15, -0.1) is 0 Å². The van der Waals surface area contributed by atoms with Crippen molar-refractivity contribution >= 4 is 5.91 Å². The highest BCUT2D eigenvalue weighted by atomic mass is 16.2. The van der Waals surface area contributed by atoms with Crippen molar-refractivity contribution in [2.24, 2.45) is 17.6 Å². The van der Waals surface area contributed by atoms with Crippen molar-refractivity contribution in [1.29, 1.82) is 0 Å². The van der Waals surface area contributed by atoms with Gasteiger partial charge in [-0.25, -0.2) is 0 Å². The van der Waals surface area contributed by atoms with Gasteiger partial charge in [0.1, 0.15) is 0 Å². The molecule has 1 amide bonds. The third-order valence-electron chi connectivity index (χ3n) is 3.58.